The lowest BCUT2D eigenvalue weighted by molar-refractivity contribution is -0.198. The maximum atomic E-state index is 14.7. The number of alkyl halides is 3. The van der Waals surface area contributed by atoms with Crippen LogP contribution in [0.5, 0.6) is 5.88 Å². The van der Waals surface area contributed by atoms with Crippen molar-refractivity contribution >= 4 is 17.7 Å². The van der Waals surface area contributed by atoms with Crippen LogP contribution in [0.3, 0.4) is 0 Å². The number of carboxylic acid groups (broad SMARTS) is 1. The molecule has 2 aromatic carbocycles. The Bertz CT molecular complexity index is 1720. The minimum absolute atomic E-state index is 0.0978. The molecule has 2 fully saturated rings. The van der Waals surface area contributed by atoms with Gasteiger partial charge >= 0.3 is 12.1 Å². The van der Waals surface area contributed by atoms with Crippen molar-refractivity contribution in [3.63, 3.8) is 0 Å². The fourth-order valence-corrected chi connectivity index (χ4v) is 6.12. The summed E-state index contributed by atoms with van der Waals surface area (Å²) in [7, 11) is 0. The van der Waals surface area contributed by atoms with Gasteiger partial charge in [0, 0.05) is 37.5 Å². The molecule has 4 N–H and O–H groups in total. The summed E-state index contributed by atoms with van der Waals surface area (Å²) in [5, 5.41) is 16.8. The van der Waals surface area contributed by atoms with Crippen LogP contribution in [0, 0.1) is 18.2 Å². The first-order valence-corrected chi connectivity index (χ1v) is 14.4. The molecule has 0 radical (unpaired) electrons. The van der Waals surface area contributed by atoms with Crippen LogP contribution in [0.4, 0.5) is 29.3 Å². The predicted molar refractivity (Wildman–Crippen MR) is 157 cm³/mol. The predicted octanol–water partition coefficient (Wildman–Crippen LogP) is 5.07. The highest BCUT2D eigenvalue weighted by atomic mass is 19.4. The molecule has 2 aliphatic heterocycles. The van der Waals surface area contributed by atoms with Gasteiger partial charge in [-0.1, -0.05) is 24.3 Å². The van der Waals surface area contributed by atoms with Crippen molar-refractivity contribution in [3.8, 4) is 22.7 Å². The number of hydrogen-bond donors (Lipinski definition) is 3. The van der Waals surface area contributed by atoms with E-state index in [1.807, 2.05) is 4.90 Å². The first-order chi connectivity index (χ1) is 21.4. The highest BCUT2D eigenvalue weighted by Gasteiger charge is 2.46. The van der Waals surface area contributed by atoms with Crippen LogP contribution < -0.4 is 20.7 Å². The lowest BCUT2D eigenvalue weighted by Crippen LogP contribution is -2.41. The zero-order chi connectivity index (χ0) is 31.9. The van der Waals surface area contributed by atoms with Crippen molar-refractivity contribution in [2.45, 2.75) is 44.5 Å². The summed E-state index contributed by atoms with van der Waals surface area (Å²) < 4.78 is 65.1. The number of ether oxygens (including phenoxy) is 1. The molecule has 1 spiro atoms. The molecular formula is C31H31F4N7O3. The van der Waals surface area contributed by atoms with Gasteiger partial charge in [-0.05, 0) is 67.0 Å². The van der Waals surface area contributed by atoms with Gasteiger partial charge in [0.2, 0.25) is 17.9 Å². The van der Waals surface area contributed by atoms with Gasteiger partial charge in [-0.2, -0.15) is 28.2 Å². The maximum Gasteiger partial charge on any atom is 0.429 e. The number of piperidine rings is 1. The number of halogens is 4. The number of aryl methyl sites for hydroxylation is 1. The first-order valence-electron chi connectivity index (χ1n) is 14.4. The molecule has 0 unspecified atom stereocenters. The Morgan fingerprint density at radius 1 is 1.11 bits per heavy atom. The minimum atomic E-state index is -4.87. The molecule has 0 aliphatic carbocycles. The smallest absolute Gasteiger partial charge is 0.429 e. The molecule has 0 saturated carbocycles. The molecule has 10 nitrogen and oxygen atoms in total. The van der Waals surface area contributed by atoms with Crippen LogP contribution in [0.15, 0.2) is 60.8 Å². The topological polar surface area (TPSA) is 131 Å². The van der Waals surface area contributed by atoms with Crippen LogP contribution in [-0.4, -0.2) is 62.7 Å². The van der Waals surface area contributed by atoms with Crippen LogP contribution in [-0.2, 0) is 4.79 Å². The summed E-state index contributed by atoms with van der Waals surface area (Å²) in [6.07, 6.45) is -3.91. The molecule has 45 heavy (non-hydrogen) atoms. The van der Waals surface area contributed by atoms with Crippen molar-refractivity contribution in [1.82, 2.24) is 25.1 Å². The standard InChI is InChI=1S/C31H31F4N7O3/c1-18-7-10-42(40-18)24-14-20(19-3-2-4-21(32)13-19)5-6-22(24)27(31(33,34)35)45-26-15-25(38-29(36)39-26)41-11-8-30(9-12-41)16-23(28(43)44)37-17-30/h2-7,10,13-15,23,27,37H,8-9,11-12,16-17H2,1H3,(H,43,44)(H2,36,38,39)/t23-,27+/m0/s1. The molecule has 2 aliphatic rings. The quantitative estimate of drug-likeness (QED) is 0.241. The lowest BCUT2D eigenvalue weighted by Gasteiger charge is -2.39. The second-order valence-electron chi connectivity index (χ2n) is 11.6. The summed E-state index contributed by atoms with van der Waals surface area (Å²) in [5.74, 6) is -1.64. The average molecular weight is 626 g/mol. The number of nitrogens with zero attached hydrogens (tertiary/aromatic N) is 5. The number of nitrogen functional groups attached to an aromatic ring is 1. The monoisotopic (exact) mass is 625 g/mol. The Hall–Kier alpha value is -4.72. The molecule has 6 rings (SSSR count). The molecular weight excluding hydrogens is 594 g/mol. The molecule has 236 valence electrons. The van der Waals surface area contributed by atoms with Gasteiger partial charge < -0.3 is 25.8 Å². The average Bonchev–Trinajstić information content (AvgIpc) is 3.62. The third-order valence-corrected chi connectivity index (χ3v) is 8.49. The maximum absolute atomic E-state index is 14.7. The fraction of sp³-hybridized carbons (Fsp3) is 0.355. The van der Waals surface area contributed by atoms with Gasteiger partial charge in [0.25, 0.3) is 0 Å². The number of rotatable bonds is 7. The normalized spacial score (nSPS) is 18.7. The van der Waals surface area contributed by atoms with Gasteiger partial charge in [0.1, 0.15) is 17.7 Å². The van der Waals surface area contributed by atoms with E-state index in [1.165, 1.54) is 47.1 Å². The highest BCUT2D eigenvalue weighted by Crippen LogP contribution is 2.42. The number of nitrogens with one attached hydrogen (secondary N) is 1. The number of carbonyl (C=O) groups is 1. The summed E-state index contributed by atoms with van der Waals surface area (Å²) >= 11 is 0. The number of nitrogens with two attached hydrogens (primary N) is 1. The fourth-order valence-electron chi connectivity index (χ4n) is 6.12. The first kappa shape index (κ1) is 30.3. The minimum Gasteiger partial charge on any atom is -0.480 e. The van der Waals surface area contributed by atoms with Crippen LogP contribution in [0.2, 0.25) is 0 Å². The van der Waals surface area contributed by atoms with Crippen LogP contribution >= 0.6 is 0 Å². The zero-order valence-corrected chi connectivity index (χ0v) is 24.3. The van der Waals surface area contributed by atoms with Gasteiger partial charge in [0.15, 0.2) is 0 Å². The number of benzene rings is 2. The second kappa shape index (κ2) is 11.7. The molecule has 2 aromatic heterocycles. The molecule has 2 saturated heterocycles. The molecule has 14 heteroatoms. The van der Waals surface area contributed by atoms with Crippen LogP contribution in [0.1, 0.15) is 36.6 Å². The summed E-state index contributed by atoms with van der Waals surface area (Å²) in [6.45, 7) is 3.32. The number of anilines is 2. The number of aliphatic carboxylic acids is 1. The largest absolute Gasteiger partial charge is 0.480 e. The Balaban J connectivity index is 1.30. The van der Waals surface area contributed by atoms with Gasteiger partial charge in [-0.25, -0.2) is 9.07 Å². The Kier molecular flexibility index (Phi) is 7.85. The van der Waals surface area contributed by atoms with Crippen molar-refractivity contribution in [3.05, 3.63) is 77.9 Å². The third kappa shape index (κ3) is 6.41. The number of carboxylic acids is 1. The molecule has 0 bridgehead atoms. The zero-order valence-electron chi connectivity index (χ0n) is 24.3. The van der Waals surface area contributed by atoms with E-state index in [1.54, 1.807) is 25.3 Å². The van der Waals surface area contributed by atoms with Gasteiger partial charge in [-0.3, -0.25) is 4.79 Å². The SMILES string of the molecule is Cc1ccn(-c2cc(-c3cccc(F)c3)ccc2[C@@H](Oc2cc(N3CCC4(CC3)CN[C@H](C(=O)O)C4)nc(N)n2)C(F)(F)F)n1. The van der Waals surface area contributed by atoms with E-state index in [0.717, 1.165) is 0 Å². The van der Waals surface area contributed by atoms with Gasteiger partial charge in [0.05, 0.1) is 11.4 Å². The van der Waals surface area contributed by atoms with E-state index < -0.39 is 30.1 Å². The number of hydrogen-bond acceptors (Lipinski definition) is 8. The molecule has 0 amide bonds. The van der Waals surface area contributed by atoms with E-state index in [2.05, 4.69) is 20.4 Å². The Labute approximate surface area is 255 Å². The van der Waals surface area contributed by atoms with Crippen molar-refractivity contribution in [2.75, 3.05) is 30.3 Å². The summed E-state index contributed by atoms with van der Waals surface area (Å²) in [4.78, 5) is 21.5. The Morgan fingerprint density at radius 2 is 1.87 bits per heavy atom. The van der Waals surface area contributed by atoms with Crippen molar-refractivity contribution in [2.24, 2.45) is 5.41 Å². The van der Waals surface area contributed by atoms with Crippen molar-refractivity contribution in [1.29, 1.82) is 0 Å². The van der Waals surface area contributed by atoms with E-state index in [0.29, 0.717) is 61.5 Å². The van der Waals surface area contributed by atoms with Crippen molar-refractivity contribution < 1.29 is 32.2 Å². The summed E-state index contributed by atoms with van der Waals surface area (Å²) in [6, 6.07) is 12.4. The van der Waals surface area contributed by atoms with Crippen LogP contribution in [0.25, 0.3) is 16.8 Å². The molecule has 2 atom stereocenters. The highest BCUT2D eigenvalue weighted by molar-refractivity contribution is 5.74. The van der Waals surface area contributed by atoms with E-state index in [-0.39, 0.29) is 28.5 Å². The van der Waals surface area contributed by atoms with E-state index in [4.69, 9.17) is 10.5 Å². The Morgan fingerprint density at radius 3 is 2.51 bits per heavy atom. The second-order valence-corrected chi connectivity index (χ2v) is 11.6. The molecule has 4 heterocycles. The number of aromatic nitrogens is 4. The lowest BCUT2D eigenvalue weighted by atomic mass is 9.76. The van der Waals surface area contributed by atoms with Gasteiger partial charge in [-0.15, -0.1) is 0 Å². The third-order valence-electron chi connectivity index (χ3n) is 8.49. The molecule has 4 aromatic rings. The summed E-state index contributed by atoms with van der Waals surface area (Å²) in [5.41, 5.74) is 7.21. The van der Waals surface area contributed by atoms with E-state index >= 15 is 0 Å². The van der Waals surface area contributed by atoms with E-state index in [9.17, 15) is 27.5 Å².